The predicted molar refractivity (Wildman–Crippen MR) is 95.5 cm³/mol. The van der Waals surface area contributed by atoms with Crippen LogP contribution in [0.15, 0.2) is 18.2 Å². The van der Waals surface area contributed by atoms with Crippen molar-refractivity contribution in [2.45, 2.75) is 39.3 Å². The average Bonchev–Trinajstić information content (AvgIpc) is 2.60. The van der Waals surface area contributed by atoms with Gasteiger partial charge in [-0.2, -0.15) is 13.2 Å². The van der Waals surface area contributed by atoms with Crippen LogP contribution in [0.5, 0.6) is 0 Å². The molecule has 0 radical (unpaired) electrons. The number of piperidine rings is 1. The van der Waals surface area contributed by atoms with Crippen molar-refractivity contribution in [3.05, 3.63) is 33.9 Å². The Kier molecular flexibility index (Phi) is 6.67. The van der Waals surface area contributed by atoms with E-state index in [2.05, 4.69) is 19.2 Å². The fourth-order valence-electron chi connectivity index (χ4n) is 3.12. The van der Waals surface area contributed by atoms with Crippen LogP contribution in [0.3, 0.4) is 0 Å². The van der Waals surface area contributed by atoms with Gasteiger partial charge < -0.3 is 10.2 Å². The summed E-state index contributed by atoms with van der Waals surface area (Å²) in [6, 6.07) is 2.57. The molecule has 1 aliphatic heterocycles. The topological polar surface area (TPSA) is 75.5 Å². The SMILES string of the molecule is CC(C)CCNC(=O)C1CCN(c2ccc(C(F)(F)F)cc2[N+](=O)[O-])CC1. The standard InChI is InChI=1S/C18H24F3N3O3/c1-12(2)5-8-22-17(25)13-6-9-23(10-7-13)15-4-3-14(18(19,20)21)11-16(15)24(26)27/h3-4,11-13H,5-10H2,1-2H3,(H,22,25). The molecular formula is C18H24F3N3O3. The van der Waals surface area contributed by atoms with Crippen LogP contribution in [-0.4, -0.2) is 30.5 Å². The molecule has 1 saturated heterocycles. The number of hydrogen-bond acceptors (Lipinski definition) is 4. The zero-order valence-electron chi connectivity index (χ0n) is 15.4. The number of nitro benzene ring substituents is 1. The molecule has 0 unspecified atom stereocenters. The van der Waals surface area contributed by atoms with E-state index in [0.717, 1.165) is 18.6 Å². The number of nitro groups is 1. The molecule has 1 N–H and O–H groups in total. The number of anilines is 1. The summed E-state index contributed by atoms with van der Waals surface area (Å²) < 4.78 is 38.4. The van der Waals surface area contributed by atoms with Gasteiger partial charge in [0, 0.05) is 31.6 Å². The minimum Gasteiger partial charge on any atom is -0.366 e. The molecule has 0 saturated carbocycles. The number of alkyl halides is 3. The van der Waals surface area contributed by atoms with Gasteiger partial charge in [-0.1, -0.05) is 13.8 Å². The maximum atomic E-state index is 12.8. The van der Waals surface area contributed by atoms with E-state index in [9.17, 15) is 28.1 Å². The van der Waals surface area contributed by atoms with Gasteiger partial charge in [0.2, 0.25) is 5.91 Å². The van der Waals surface area contributed by atoms with Crippen LogP contribution < -0.4 is 10.2 Å². The van der Waals surface area contributed by atoms with E-state index in [1.165, 1.54) is 0 Å². The molecule has 0 bridgehead atoms. The van der Waals surface area contributed by atoms with Gasteiger partial charge in [-0.3, -0.25) is 14.9 Å². The van der Waals surface area contributed by atoms with Crippen LogP contribution in [0.2, 0.25) is 0 Å². The number of hydrogen-bond donors (Lipinski definition) is 1. The molecular weight excluding hydrogens is 363 g/mol. The van der Waals surface area contributed by atoms with Gasteiger partial charge in [-0.25, -0.2) is 0 Å². The van der Waals surface area contributed by atoms with Crippen molar-refractivity contribution in [3.8, 4) is 0 Å². The smallest absolute Gasteiger partial charge is 0.366 e. The van der Waals surface area contributed by atoms with Crippen molar-refractivity contribution in [2.75, 3.05) is 24.5 Å². The second-order valence-electron chi connectivity index (χ2n) is 7.19. The highest BCUT2D eigenvalue weighted by Crippen LogP contribution is 2.37. The van der Waals surface area contributed by atoms with E-state index in [4.69, 9.17) is 0 Å². The van der Waals surface area contributed by atoms with Crippen LogP contribution in [0.4, 0.5) is 24.5 Å². The molecule has 150 valence electrons. The number of carbonyl (C=O) groups excluding carboxylic acids is 1. The summed E-state index contributed by atoms with van der Waals surface area (Å²) in [5, 5.41) is 14.1. The molecule has 6 nitrogen and oxygen atoms in total. The number of halogens is 3. The molecule has 1 fully saturated rings. The Labute approximate surface area is 155 Å². The highest BCUT2D eigenvalue weighted by molar-refractivity contribution is 5.79. The first kappa shape index (κ1) is 21.0. The number of nitrogens with zero attached hydrogens (tertiary/aromatic N) is 2. The maximum absolute atomic E-state index is 12.8. The van der Waals surface area contributed by atoms with Gasteiger partial charge >= 0.3 is 6.18 Å². The summed E-state index contributed by atoms with van der Waals surface area (Å²) in [7, 11) is 0. The number of amides is 1. The second kappa shape index (κ2) is 8.58. The lowest BCUT2D eigenvalue weighted by atomic mass is 9.95. The number of benzene rings is 1. The van der Waals surface area contributed by atoms with Crippen molar-refractivity contribution in [1.29, 1.82) is 0 Å². The van der Waals surface area contributed by atoms with Crippen molar-refractivity contribution >= 4 is 17.3 Å². The third-order valence-corrected chi connectivity index (χ3v) is 4.73. The third-order valence-electron chi connectivity index (χ3n) is 4.73. The molecule has 0 atom stereocenters. The number of rotatable bonds is 6. The van der Waals surface area contributed by atoms with E-state index in [-0.39, 0.29) is 17.5 Å². The summed E-state index contributed by atoms with van der Waals surface area (Å²) >= 11 is 0. The summed E-state index contributed by atoms with van der Waals surface area (Å²) in [5.74, 6) is 0.284. The summed E-state index contributed by atoms with van der Waals surface area (Å²) in [6.45, 7) is 5.52. The van der Waals surface area contributed by atoms with E-state index in [1.54, 1.807) is 4.90 Å². The Hall–Kier alpha value is -2.32. The van der Waals surface area contributed by atoms with Gasteiger partial charge in [0.25, 0.3) is 5.69 Å². The van der Waals surface area contributed by atoms with Crippen LogP contribution in [0.1, 0.15) is 38.7 Å². The molecule has 1 heterocycles. The van der Waals surface area contributed by atoms with Crippen molar-refractivity contribution in [3.63, 3.8) is 0 Å². The predicted octanol–water partition coefficient (Wildman–Crippen LogP) is 3.99. The Bertz CT molecular complexity index is 684. The molecule has 0 spiro atoms. The molecule has 0 aliphatic carbocycles. The monoisotopic (exact) mass is 387 g/mol. The number of nitrogens with one attached hydrogen (secondary N) is 1. The van der Waals surface area contributed by atoms with E-state index in [1.807, 2.05) is 0 Å². The Morgan fingerprint density at radius 1 is 1.33 bits per heavy atom. The Morgan fingerprint density at radius 3 is 2.48 bits per heavy atom. The van der Waals surface area contributed by atoms with Gasteiger partial charge in [-0.05, 0) is 37.3 Å². The van der Waals surface area contributed by atoms with Crippen molar-refractivity contribution in [2.24, 2.45) is 11.8 Å². The zero-order chi connectivity index (χ0) is 20.2. The molecule has 27 heavy (non-hydrogen) atoms. The lowest BCUT2D eigenvalue weighted by Gasteiger charge is -2.32. The lowest BCUT2D eigenvalue weighted by molar-refractivity contribution is -0.384. The van der Waals surface area contributed by atoms with Crippen molar-refractivity contribution < 1.29 is 22.9 Å². The molecule has 9 heteroatoms. The molecule has 1 aliphatic rings. The van der Waals surface area contributed by atoms with Gasteiger partial charge in [-0.15, -0.1) is 0 Å². The largest absolute Gasteiger partial charge is 0.416 e. The first-order valence-corrected chi connectivity index (χ1v) is 8.98. The van der Waals surface area contributed by atoms with E-state index in [0.29, 0.717) is 44.5 Å². The zero-order valence-corrected chi connectivity index (χ0v) is 15.4. The minimum absolute atomic E-state index is 0.0304. The summed E-state index contributed by atoms with van der Waals surface area (Å²) in [6.07, 6.45) is -2.73. The quantitative estimate of drug-likeness (QED) is 0.592. The first-order valence-electron chi connectivity index (χ1n) is 8.98. The van der Waals surface area contributed by atoms with Crippen molar-refractivity contribution in [1.82, 2.24) is 5.32 Å². The van der Waals surface area contributed by atoms with E-state index >= 15 is 0 Å². The molecule has 1 aromatic rings. The third kappa shape index (κ3) is 5.58. The van der Waals surface area contributed by atoms with Gasteiger partial charge in [0.1, 0.15) is 5.69 Å². The highest BCUT2D eigenvalue weighted by Gasteiger charge is 2.34. The van der Waals surface area contributed by atoms with E-state index < -0.39 is 22.4 Å². The fourth-order valence-corrected chi connectivity index (χ4v) is 3.12. The normalized spacial score (nSPS) is 15.9. The summed E-state index contributed by atoms with van der Waals surface area (Å²) in [4.78, 5) is 24.3. The second-order valence-corrected chi connectivity index (χ2v) is 7.19. The first-order chi connectivity index (χ1) is 12.6. The maximum Gasteiger partial charge on any atom is 0.416 e. The molecule has 0 aromatic heterocycles. The van der Waals surface area contributed by atoms with Crippen LogP contribution in [0.25, 0.3) is 0 Å². The molecule has 1 amide bonds. The highest BCUT2D eigenvalue weighted by atomic mass is 19.4. The van der Waals surface area contributed by atoms with Crippen LogP contribution in [0, 0.1) is 22.0 Å². The molecule has 2 rings (SSSR count). The van der Waals surface area contributed by atoms with Crippen LogP contribution in [-0.2, 0) is 11.0 Å². The van der Waals surface area contributed by atoms with Gasteiger partial charge in [0.05, 0.1) is 10.5 Å². The van der Waals surface area contributed by atoms with Gasteiger partial charge in [0.15, 0.2) is 0 Å². The lowest BCUT2D eigenvalue weighted by Crippen LogP contribution is -2.41. The minimum atomic E-state index is -4.63. The summed E-state index contributed by atoms with van der Waals surface area (Å²) in [5.41, 5.74) is -1.45. The molecule has 1 aromatic carbocycles. The average molecular weight is 387 g/mol. The Morgan fingerprint density at radius 2 is 1.96 bits per heavy atom. The number of carbonyl (C=O) groups is 1. The fraction of sp³-hybridized carbons (Fsp3) is 0.611. The Balaban J connectivity index is 2.03. The van der Waals surface area contributed by atoms with Crippen LogP contribution >= 0.6 is 0 Å².